The molecule has 1 aromatic rings. The van der Waals surface area contributed by atoms with Crippen LogP contribution in [0.4, 0.5) is 0 Å². The number of hydrogen-bond acceptors (Lipinski definition) is 3. The molecule has 3 nitrogen and oxygen atoms in total. The van der Waals surface area contributed by atoms with E-state index in [1.807, 2.05) is 18.2 Å². The van der Waals surface area contributed by atoms with E-state index in [-0.39, 0.29) is 0 Å². The van der Waals surface area contributed by atoms with Crippen LogP contribution in [0.5, 0.6) is 11.5 Å². The average Bonchev–Trinajstić information content (AvgIpc) is 2.49. The van der Waals surface area contributed by atoms with Crippen molar-refractivity contribution in [2.45, 2.75) is 58.0 Å². The Morgan fingerprint density at radius 3 is 2.00 bits per heavy atom. The summed E-state index contributed by atoms with van der Waals surface area (Å²) in [6.45, 7) is 2.22. The van der Waals surface area contributed by atoms with Crippen LogP contribution in [0.3, 0.4) is 0 Å². The number of rotatable bonds is 10. The molecule has 0 bridgehead atoms. The summed E-state index contributed by atoms with van der Waals surface area (Å²) in [6, 6.07) is 5.58. The molecular formula is C17H28O3. The molecule has 1 rings (SSSR count). The van der Waals surface area contributed by atoms with Gasteiger partial charge in [0.2, 0.25) is 0 Å². The van der Waals surface area contributed by atoms with Gasteiger partial charge in [0.15, 0.2) is 0 Å². The Morgan fingerprint density at radius 1 is 0.900 bits per heavy atom. The molecule has 0 aromatic heterocycles. The molecule has 3 heteroatoms. The molecule has 0 aliphatic rings. The Morgan fingerprint density at radius 2 is 1.45 bits per heavy atom. The summed E-state index contributed by atoms with van der Waals surface area (Å²) in [5.41, 5.74) is 0.870. The summed E-state index contributed by atoms with van der Waals surface area (Å²) < 4.78 is 10.5. The summed E-state index contributed by atoms with van der Waals surface area (Å²) in [6.07, 6.45) is 7.76. The van der Waals surface area contributed by atoms with E-state index in [1.54, 1.807) is 14.2 Å². The van der Waals surface area contributed by atoms with Crippen LogP contribution in [0.1, 0.15) is 63.5 Å². The number of benzene rings is 1. The zero-order valence-electron chi connectivity index (χ0n) is 13.0. The lowest BCUT2D eigenvalue weighted by molar-refractivity contribution is 0.162. The molecule has 20 heavy (non-hydrogen) atoms. The van der Waals surface area contributed by atoms with Crippen LogP contribution in [0.15, 0.2) is 18.2 Å². The van der Waals surface area contributed by atoms with Crippen molar-refractivity contribution in [3.05, 3.63) is 23.8 Å². The monoisotopic (exact) mass is 280 g/mol. The van der Waals surface area contributed by atoms with Crippen LogP contribution < -0.4 is 9.47 Å². The van der Waals surface area contributed by atoms with E-state index in [4.69, 9.17) is 9.47 Å². The van der Waals surface area contributed by atoms with Crippen molar-refractivity contribution in [1.82, 2.24) is 0 Å². The van der Waals surface area contributed by atoms with Crippen LogP contribution >= 0.6 is 0 Å². The lowest BCUT2D eigenvalue weighted by Crippen LogP contribution is -1.99. The second-order valence-electron chi connectivity index (χ2n) is 5.22. The molecule has 1 aromatic carbocycles. The van der Waals surface area contributed by atoms with Crippen LogP contribution in [-0.2, 0) is 0 Å². The zero-order valence-corrected chi connectivity index (χ0v) is 13.0. The first kappa shape index (κ1) is 16.8. The van der Waals surface area contributed by atoms with Gasteiger partial charge in [-0.25, -0.2) is 0 Å². The Kier molecular flexibility index (Phi) is 8.12. The minimum Gasteiger partial charge on any atom is -0.497 e. The molecule has 1 N–H and O–H groups in total. The number of ether oxygens (including phenoxy) is 2. The Balaban J connectivity index is 2.44. The van der Waals surface area contributed by atoms with E-state index in [2.05, 4.69) is 6.92 Å². The number of unbranched alkanes of at least 4 members (excludes halogenated alkanes) is 5. The summed E-state index contributed by atoms with van der Waals surface area (Å²) in [5, 5.41) is 10.3. The van der Waals surface area contributed by atoms with Crippen LogP contribution in [0.25, 0.3) is 0 Å². The van der Waals surface area contributed by atoms with Gasteiger partial charge < -0.3 is 14.6 Å². The van der Waals surface area contributed by atoms with Gasteiger partial charge in [-0.1, -0.05) is 45.4 Å². The summed E-state index contributed by atoms with van der Waals surface area (Å²) >= 11 is 0. The first-order valence-electron chi connectivity index (χ1n) is 7.62. The third-order valence-corrected chi connectivity index (χ3v) is 3.59. The van der Waals surface area contributed by atoms with Crippen LogP contribution in [-0.4, -0.2) is 19.3 Å². The molecule has 0 fully saturated rings. The van der Waals surface area contributed by atoms with Gasteiger partial charge in [0.05, 0.1) is 20.3 Å². The maximum absolute atomic E-state index is 10.3. The van der Waals surface area contributed by atoms with E-state index in [1.165, 1.54) is 32.1 Å². The lowest BCUT2D eigenvalue weighted by atomic mass is 10.0. The Bertz CT molecular complexity index is 354. The molecule has 0 aliphatic carbocycles. The van der Waals surface area contributed by atoms with Gasteiger partial charge in [-0.05, 0) is 24.1 Å². The van der Waals surface area contributed by atoms with Crippen molar-refractivity contribution < 1.29 is 14.6 Å². The summed E-state index contributed by atoms with van der Waals surface area (Å²) in [7, 11) is 3.25. The Labute approximate surface area is 122 Å². The second-order valence-corrected chi connectivity index (χ2v) is 5.22. The van der Waals surface area contributed by atoms with E-state index in [0.717, 1.165) is 29.9 Å². The highest BCUT2D eigenvalue weighted by atomic mass is 16.5. The average molecular weight is 280 g/mol. The lowest BCUT2D eigenvalue weighted by Gasteiger charge is -2.14. The number of methoxy groups -OCH3 is 2. The topological polar surface area (TPSA) is 38.7 Å². The maximum Gasteiger partial charge on any atom is 0.122 e. The minimum atomic E-state index is -0.440. The molecule has 114 valence electrons. The molecular weight excluding hydrogens is 252 g/mol. The number of hydrogen-bond donors (Lipinski definition) is 1. The van der Waals surface area contributed by atoms with Gasteiger partial charge >= 0.3 is 0 Å². The van der Waals surface area contributed by atoms with E-state index < -0.39 is 6.10 Å². The SMILES string of the molecule is CCCCCCCCC(O)c1cc(OC)cc(OC)c1. The highest BCUT2D eigenvalue weighted by Crippen LogP contribution is 2.28. The molecule has 0 spiro atoms. The molecule has 1 atom stereocenters. The largest absolute Gasteiger partial charge is 0.497 e. The minimum absolute atomic E-state index is 0.440. The smallest absolute Gasteiger partial charge is 0.122 e. The van der Waals surface area contributed by atoms with Gasteiger partial charge in [-0.3, -0.25) is 0 Å². The van der Waals surface area contributed by atoms with Gasteiger partial charge in [-0.2, -0.15) is 0 Å². The third kappa shape index (κ3) is 5.83. The molecule has 1 unspecified atom stereocenters. The van der Waals surface area contributed by atoms with E-state index in [0.29, 0.717) is 0 Å². The van der Waals surface area contributed by atoms with Gasteiger partial charge in [0.25, 0.3) is 0 Å². The van der Waals surface area contributed by atoms with E-state index in [9.17, 15) is 5.11 Å². The summed E-state index contributed by atoms with van der Waals surface area (Å²) in [4.78, 5) is 0. The normalized spacial score (nSPS) is 12.2. The molecule has 0 amide bonds. The maximum atomic E-state index is 10.3. The predicted molar refractivity (Wildman–Crippen MR) is 82.5 cm³/mol. The second kappa shape index (κ2) is 9.65. The molecule has 0 saturated heterocycles. The molecule has 0 aliphatic heterocycles. The number of aliphatic hydroxyl groups excluding tert-OH is 1. The fourth-order valence-corrected chi connectivity index (χ4v) is 2.31. The Hall–Kier alpha value is -1.22. The van der Waals surface area contributed by atoms with Gasteiger partial charge in [0.1, 0.15) is 11.5 Å². The fraction of sp³-hybridized carbons (Fsp3) is 0.647. The standard InChI is InChI=1S/C17H28O3/c1-4-5-6-7-8-9-10-17(18)14-11-15(19-2)13-16(12-14)20-3/h11-13,17-18H,4-10H2,1-3H3. The quantitative estimate of drug-likeness (QED) is 0.642. The fourth-order valence-electron chi connectivity index (χ4n) is 2.31. The molecule has 0 heterocycles. The number of aliphatic hydroxyl groups is 1. The zero-order chi connectivity index (χ0) is 14.8. The molecule has 0 saturated carbocycles. The highest BCUT2D eigenvalue weighted by Gasteiger charge is 2.10. The summed E-state index contributed by atoms with van der Waals surface area (Å²) in [5.74, 6) is 1.45. The van der Waals surface area contributed by atoms with Crippen LogP contribution in [0, 0.1) is 0 Å². The first-order valence-corrected chi connectivity index (χ1v) is 7.62. The van der Waals surface area contributed by atoms with Crippen molar-refractivity contribution in [3.63, 3.8) is 0 Å². The van der Waals surface area contributed by atoms with Crippen molar-refractivity contribution in [2.24, 2.45) is 0 Å². The van der Waals surface area contributed by atoms with Crippen molar-refractivity contribution in [2.75, 3.05) is 14.2 Å². The first-order chi connectivity index (χ1) is 9.71. The third-order valence-electron chi connectivity index (χ3n) is 3.59. The van der Waals surface area contributed by atoms with Gasteiger partial charge in [0, 0.05) is 6.07 Å². The van der Waals surface area contributed by atoms with Crippen molar-refractivity contribution in [3.8, 4) is 11.5 Å². The van der Waals surface area contributed by atoms with Crippen molar-refractivity contribution >= 4 is 0 Å². The highest BCUT2D eigenvalue weighted by molar-refractivity contribution is 5.39. The van der Waals surface area contributed by atoms with Crippen LogP contribution in [0.2, 0.25) is 0 Å². The van der Waals surface area contributed by atoms with Crippen molar-refractivity contribution in [1.29, 1.82) is 0 Å². The predicted octanol–water partition coefficient (Wildman–Crippen LogP) is 4.49. The van der Waals surface area contributed by atoms with E-state index >= 15 is 0 Å². The van der Waals surface area contributed by atoms with Gasteiger partial charge in [-0.15, -0.1) is 0 Å². The molecule has 0 radical (unpaired) electrons.